The lowest BCUT2D eigenvalue weighted by atomic mass is 10.1. The maximum Gasteiger partial charge on any atom is 0.323 e. The normalized spacial score (nSPS) is 17.0. The number of halogens is 3. The third-order valence-electron chi connectivity index (χ3n) is 7.00. The van der Waals surface area contributed by atoms with E-state index < -0.39 is 36.0 Å². The van der Waals surface area contributed by atoms with Crippen molar-refractivity contribution >= 4 is 46.2 Å². The van der Waals surface area contributed by atoms with E-state index in [1.165, 1.54) is 10.8 Å². The number of likely N-dealkylation sites (tertiary alicyclic amines) is 1. The van der Waals surface area contributed by atoms with E-state index in [-0.39, 0.29) is 35.8 Å². The second-order valence-corrected chi connectivity index (χ2v) is 10.9. The number of urea groups is 1. The average molecular weight is 590 g/mol. The van der Waals surface area contributed by atoms with Crippen LogP contribution in [0, 0.1) is 5.82 Å². The van der Waals surface area contributed by atoms with E-state index in [2.05, 4.69) is 20.4 Å². The van der Waals surface area contributed by atoms with Crippen molar-refractivity contribution in [1.29, 1.82) is 0 Å². The number of primary amides is 1. The molecular formula is C28H34ClF2N7O3. The summed E-state index contributed by atoms with van der Waals surface area (Å²) in [5.74, 6) is -1.27. The van der Waals surface area contributed by atoms with Crippen LogP contribution in [-0.4, -0.2) is 90.2 Å². The van der Waals surface area contributed by atoms with Gasteiger partial charge in [0, 0.05) is 49.7 Å². The molecule has 2 atom stereocenters. The number of hydrogen-bond acceptors (Lipinski definition) is 5. The summed E-state index contributed by atoms with van der Waals surface area (Å²) in [7, 11) is 5.90. The Labute approximate surface area is 242 Å². The van der Waals surface area contributed by atoms with Crippen molar-refractivity contribution in [1.82, 2.24) is 24.6 Å². The minimum absolute atomic E-state index is 0.0615. The van der Waals surface area contributed by atoms with E-state index in [1.807, 2.05) is 21.1 Å². The summed E-state index contributed by atoms with van der Waals surface area (Å²) in [6, 6.07) is 7.45. The molecule has 10 nitrogen and oxygen atoms in total. The predicted molar refractivity (Wildman–Crippen MR) is 154 cm³/mol. The van der Waals surface area contributed by atoms with Gasteiger partial charge in [-0.15, -0.1) is 0 Å². The number of rotatable bonds is 9. The maximum absolute atomic E-state index is 14.8. The summed E-state index contributed by atoms with van der Waals surface area (Å²) in [5.41, 5.74) is 7.19. The van der Waals surface area contributed by atoms with Crippen molar-refractivity contribution < 1.29 is 23.2 Å². The highest BCUT2D eigenvalue weighted by Crippen LogP contribution is 2.28. The van der Waals surface area contributed by atoms with E-state index in [9.17, 15) is 23.2 Å². The highest BCUT2D eigenvalue weighted by molar-refractivity contribution is 6.30. The Balaban J connectivity index is 1.44. The summed E-state index contributed by atoms with van der Waals surface area (Å²) in [6.07, 6.45) is -0.251. The standard InChI is InChI=1S/C28H34ClF2N7O3/c1-35(2)8-9-36(3)14-17-10-18(25(31)21(29)11-17)13-33-26(39)24-12-19(30)15-38(24)28(41)34-22-16-37(27(32)40)23-7-5-4-6-20(22)23/h4-7,10-11,16,19,24H,8-9,12-15H2,1-3H3,(H2,32,40)(H,33,39)(H,34,41)/t19-,24+/m1/s1. The third-order valence-corrected chi connectivity index (χ3v) is 7.28. The van der Waals surface area contributed by atoms with Gasteiger partial charge in [0.25, 0.3) is 0 Å². The number of para-hydroxylation sites is 1. The first-order valence-corrected chi connectivity index (χ1v) is 13.5. The lowest BCUT2D eigenvalue weighted by molar-refractivity contribution is -0.124. The van der Waals surface area contributed by atoms with Gasteiger partial charge < -0.3 is 31.1 Å². The Bertz CT molecular complexity index is 1450. The number of carbonyl (C=O) groups excluding carboxylic acids is 3. The summed E-state index contributed by atoms with van der Waals surface area (Å²) >= 11 is 6.14. The first-order chi connectivity index (χ1) is 19.4. The van der Waals surface area contributed by atoms with Crippen LogP contribution in [0.5, 0.6) is 0 Å². The number of carbonyl (C=O) groups is 3. The molecule has 1 aromatic heterocycles. The van der Waals surface area contributed by atoms with Crippen LogP contribution in [0.25, 0.3) is 10.9 Å². The molecule has 4 rings (SSSR count). The molecule has 0 radical (unpaired) electrons. The lowest BCUT2D eigenvalue weighted by Gasteiger charge is -2.24. The molecular weight excluding hydrogens is 556 g/mol. The molecule has 4 amide bonds. The minimum Gasteiger partial charge on any atom is -0.351 e. The molecule has 220 valence electrons. The Morgan fingerprint density at radius 3 is 2.59 bits per heavy atom. The molecule has 0 aliphatic carbocycles. The van der Waals surface area contributed by atoms with Crippen LogP contribution in [0.4, 0.5) is 24.1 Å². The molecule has 1 aliphatic heterocycles. The number of benzene rings is 2. The Hall–Kier alpha value is -3.74. The molecule has 1 fully saturated rings. The number of anilines is 1. The predicted octanol–water partition coefficient (Wildman–Crippen LogP) is 3.61. The highest BCUT2D eigenvalue weighted by atomic mass is 35.5. The summed E-state index contributed by atoms with van der Waals surface area (Å²) < 4.78 is 30.5. The molecule has 3 aromatic rings. The average Bonchev–Trinajstić information content (AvgIpc) is 3.49. The van der Waals surface area contributed by atoms with Gasteiger partial charge in [-0.1, -0.05) is 29.8 Å². The van der Waals surface area contributed by atoms with Crippen LogP contribution < -0.4 is 16.4 Å². The molecule has 1 saturated heterocycles. The number of nitrogens with two attached hydrogens (primary N) is 1. The van der Waals surface area contributed by atoms with Crippen LogP contribution in [0.15, 0.2) is 42.6 Å². The molecule has 0 bridgehead atoms. The first-order valence-electron chi connectivity index (χ1n) is 13.1. The van der Waals surface area contributed by atoms with Gasteiger partial charge in [-0.05, 0) is 44.9 Å². The first kappa shape index (κ1) is 30.2. The smallest absolute Gasteiger partial charge is 0.323 e. The van der Waals surface area contributed by atoms with Gasteiger partial charge in [-0.3, -0.25) is 9.36 Å². The van der Waals surface area contributed by atoms with Crippen molar-refractivity contribution in [2.75, 3.05) is 46.1 Å². The summed E-state index contributed by atoms with van der Waals surface area (Å²) in [6.45, 7) is 1.69. The number of aromatic nitrogens is 1. The quantitative estimate of drug-likeness (QED) is 0.353. The van der Waals surface area contributed by atoms with Gasteiger partial charge in [0.15, 0.2) is 0 Å². The number of nitrogens with zero attached hydrogens (tertiary/aromatic N) is 4. The van der Waals surface area contributed by atoms with E-state index in [4.69, 9.17) is 17.3 Å². The zero-order valence-corrected chi connectivity index (χ0v) is 23.9. The molecule has 1 aliphatic rings. The van der Waals surface area contributed by atoms with Crippen molar-refractivity contribution in [2.24, 2.45) is 5.73 Å². The number of amides is 4. The number of likely N-dealkylation sites (N-methyl/N-ethyl adjacent to an activating group) is 2. The molecule has 13 heteroatoms. The Morgan fingerprint density at radius 2 is 1.88 bits per heavy atom. The molecule has 2 heterocycles. The van der Waals surface area contributed by atoms with E-state index in [0.29, 0.717) is 17.4 Å². The van der Waals surface area contributed by atoms with Crippen LogP contribution in [0.2, 0.25) is 5.02 Å². The second-order valence-electron chi connectivity index (χ2n) is 10.5. The lowest BCUT2D eigenvalue weighted by Crippen LogP contribution is -2.47. The molecule has 2 aromatic carbocycles. The summed E-state index contributed by atoms with van der Waals surface area (Å²) in [4.78, 5) is 43.3. The molecule has 0 spiro atoms. The highest BCUT2D eigenvalue weighted by Gasteiger charge is 2.40. The maximum atomic E-state index is 14.8. The van der Waals surface area contributed by atoms with Crippen molar-refractivity contribution in [3.05, 3.63) is 64.6 Å². The van der Waals surface area contributed by atoms with Gasteiger partial charge >= 0.3 is 12.1 Å². The zero-order chi connectivity index (χ0) is 29.8. The molecule has 0 saturated carbocycles. The Morgan fingerprint density at radius 1 is 1.15 bits per heavy atom. The Kier molecular flexibility index (Phi) is 9.46. The molecule has 4 N–H and O–H groups in total. The minimum atomic E-state index is -1.42. The SMILES string of the molecule is CN(C)CCN(C)Cc1cc(Cl)c(F)c(CNC(=O)[C@@H]2C[C@@H](F)CN2C(=O)Nc2cn(C(N)=O)c3ccccc23)c1. The summed E-state index contributed by atoms with van der Waals surface area (Å²) in [5, 5.41) is 5.79. The van der Waals surface area contributed by atoms with Gasteiger partial charge in [-0.2, -0.15) is 0 Å². The van der Waals surface area contributed by atoms with Crippen molar-refractivity contribution in [2.45, 2.75) is 31.7 Å². The zero-order valence-electron chi connectivity index (χ0n) is 23.2. The van der Waals surface area contributed by atoms with Crippen LogP contribution in [-0.2, 0) is 17.9 Å². The molecule has 41 heavy (non-hydrogen) atoms. The second kappa shape index (κ2) is 12.8. The number of hydrogen-bond donors (Lipinski definition) is 3. The molecule has 0 unspecified atom stereocenters. The van der Waals surface area contributed by atoms with Gasteiger partial charge in [0.05, 0.1) is 22.8 Å². The van der Waals surface area contributed by atoms with Crippen molar-refractivity contribution in [3.8, 4) is 0 Å². The van der Waals surface area contributed by atoms with E-state index >= 15 is 0 Å². The monoisotopic (exact) mass is 589 g/mol. The van der Waals surface area contributed by atoms with Crippen LogP contribution in [0.3, 0.4) is 0 Å². The largest absolute Gasteiger partial charge is 0.351 e. The van der Waals surface area contributed by atoms with Crippen LogP contribution in [0.1, 0.15) is 17.5 Å². The van der Waals surface area contributed by atoms with Gasteiger partial charge in [0.1, 0.15) is 18.0 Å². The number of nitrogens with one attached hydrogen (secondary N) is 2. The number of alkyl halides is 1. The van der Waals surface area contributed by atoms with E-state index in [0.717, 1.165) is 23.6 Å². The van der Waals surface area contributed by atoms with Gasteiger partial charge in [0.2, 0.25) is 5.91 Å². The fourth-order valence-electron chi connectivity index (χ4n) is 4.90. The van der Waals surface area contributed by atoms with Crippen LogP contribution >= 0.6 is 11.6 Å². The van der Waals surface area contributed by atoms with Crippen molar-refractivity contribution in [3.63, 3.8) is 0 Å². The fraction of sp³-hybridized carbons (Fsp3) is 0.393. The third kappa shape index (κ3) is 7.13. The topological polar surface area (TPSA) is 116 Å². The fourth-order valence-corrected chi connectivity index (χ4v) is 5.16. The van der Waals surface area contributed by atoms with E-state index in [1.54, 1.807) is 36.4 Å². The van der Waals surface area contributed by atoms with Gasteiger partial charge in [-0.25, -0.2) is 18.4 Å². The number of fused-ring (bicyclic) bond motifs is 1.